The summed E-state index contributed by atoms with van der Waals surface area (Å²) in [5, 5.41) is 0. The molecule has 1 aromatic carbocycles. The molecule has 1 aromatic rings. The molecule has 0 aromatic heterocycles. The molecular weight excluding hydrogens is 220 g/mol. The van der Waals surface area contributed by atoms with Gasteiger partial charge >= 0.3 is 0 Å². The lowest BCUT2D eigenvalue weighted by atomic mass is 10.00. The zero-order chi connectivity index (χ0) is 13.3. The first-order valence-electron chi connectivity index (χ1n) is 7.00. The molecule has 0 amide bonds. The van der Waals surface area contributed by atoms with E-state index in [0.29, 0.717) is 12.6 Å². The molecule has 1 aliphatic rings. The lowest BCUT2D eigenvalue weighted by molar-refractivity contribution is 0.237. The van der Waals surface area contributed by atoms with Crippen LogP contribution in [0, 0.1) is 25.7 Å². The van der Waals surface area contributed by atoms with E-state index in [1.54, 1.807) is 0 Å². The Kier molecular flexibility index (Phi) is 4.08. The summed E-state index contributed by atoms with van der Waals surface area (Å²) in [4.78, 5) is 2.43. The van der Waals surface area contributed by atoms with Crippen LogP contribution >= 0.6 is 0 Å². The van der Waals surface area contributed by atoms with E-state index in [4.69, 9.17) is 5.73 Å². The van der Waals surface area contributed by atoms with Crippen molar-refractivity contribution in [3.05, 3.63) is 34.9 Å². The average molecular weight is 246 g/mol. The molecule has 2 N–H and O–H groups in total. The number of hydrogen-bond donors (Lipinski definition) is 1. The highest BCUT2D eigenvalue weighted by Crippen LogP contribution is 2.39. The Balaban J connectivity index is 2.08. The third-order valence-corrected chi connectivity index (χ3v) is 4.47. The van der Waals surface area contributed by atoms with Crippen molar-refractivity contribution in [1.29, 1.82) is 0 Å². The third kappa shape index (κ3) is 2.93. The summed E-state index contributed by atoms with van der Waals surface area (Å²) in [7, 11) is 2.21. The second-order valence-corrected chi connectivity index (χ2v) is 6.01. The molecule has 0 aliphatic heterocycles. The molecule has 0 saturated heterocycles. The number of rotatable bonds is 5. The maximum Gasteiger partial charge on any atom is 0.0467 e. The fourth-order valence-electron chi connectivity index (χ4n) is 2.69. The van der Waals surface area contributed by atoms with Crippen molar-refractivity contribution < 1.29 is 0 Å². The lowest BCUT2D eigenvalue weighted by Crippen LogP contribution is -2.32. The molecule has 0 bridgehead atoms. The lowest BCUT2D eigenvalue weighted by Gasteiger charge is -2.28. The Morgan fingerprint density at radius 2 is 2.00 bits per heavy atom. The van der Waals surface area contributed by atoms with Crippen LogP contribution in [0.2, 0.25) is 0 Å². The average Bonchev–Trinajstić information content (AvgIpc) is 3.00. The second-order valence-electron chi connectivity index (χ2n) is 6.01. The number of nitrogens with zero attached hydrogens (tertiary/aromatic N) is 1. The van der Waals surface area contributed by atoms with Gasteiger partial charge < -0.3 is 5.73 Å². The predicted molar refractivity (Wildman–Crippen MR) is 77.6 cm³/mol. The number of nitrogens with two attached hydrogens (primary N) is 1. The summed E-state index contributed by atoms with van der Waals surface area (Å²) in [5.41, 5.74) is 10.1. The van der Waals surface area contributed by atoms with Crippen LogP contribution in [0.4, 0.5) is 0 Å². The van der Waals surface area contributed by atoms with E-state index in [1.165, 1.54) is 29.7 Å². The first kappa shape index (κ1) is 13.6. The van der Waals surface area contributed by atoms with Gasteiger partial charge in [-0.25, -0.2) is 0 Å². The molecule has 3 atom stereocenters. The van der Waals surface area contributed by atoms with Crippen LogP contribution in [0.25, 0.3) is 0 Å². The van der Waals surface area contributed by atoms with Gasteiger partial charge in [-0.3, -0.25) is 4.90 Å². The zero-order valence-electron chi connectivity index (χ0n) is 12.1. The molecule has 0 spiro atoms. The van der Waals surface area contributed by atoms with Gasteiger partial charge in [0.2, 0.25) is 0 Å². The Morgan fingerprint density at radius 3 is 2.50 bits per heavy atom. The maximum atomic E-state index is 5.98. The number of likely N-dealkylation sites (N-methyl/N-ethyl adjacent to an activating group) is 1. The Bertz CT molecular complexity index is 414. The Morgan fingerprint density at radius 1 is 1.33 bits per heavy atom. The summed E-state index contributed by atoms with van der Waals surface area (Å²) >= 11 is 0. The fraction of sp³-hybridized carbons (Fsp3) is 0.625. The van der Waals surface area contributed by atoms with E-state index in [1.807, 2.05) is 0 Å². The van der Waals surface area contributed by atoms with Crippen LogP contribution in [0.5, 0.6) is 0 Å². The first-order chi connectivity index (χ1) is 8.52. The summed E-state index contributed by atoms with van der Waals surface area (Å²) in [6.07, 6.45) is 1.38. The molecule has 2 rings (SSSR count). The van der Waals surface area contributed by atoms with Crippen LogP contribution in [0.1, 0.15) is 36.1 Å². The van der Waals surface area contributed by atoms with Gasteiger partial charge in [-0.2, -0.15) is 0 Å². The van der Waals surface area contributed by atoms with Crippen LogP contribution in [0.3, 0.4) is 0 Å². The molecule has 2 nitrogen and oxygen atoms in total. The van der Waals surface area contributed by atoms with Crippen molar-refractivity contribution in [3.63, 3.8) is 0 Å². The fourth-order valence-corrected chi connectivity index (χ4v) is 2.69. The normalized spacial score (nSPS) is 24.3. The molecule has 18 heavy (non-hydrogen) atoms. The Hall–Kier alpha value is -0.860. The standard InChI is InChI=1S/C16H26N2/c1-11-5-6-14(7-12(11)2)16(9-17)18(4)10-15-8-13(15)3/h5-7,13,15-16H,8-10,17H2,1-4H3. The molecule has 2 heteroatoms. The highest BCUT2D eigenvalue weighted by molar-refractivity contribution is 5.32. The molecule has 1 fully saturated rings. The van der Waals surface area contributed by atoms with Crippen molar-refractivity contribution in [2.75, 3.05) is 20.1 Å². The molecule has 100 valence electrons. The van der Waals surface area contributed by atoms with E-state index >= 15 is 0 Å². The van der Waals surface area contributed by atoms with Gasteiger partial charge in [0, 0.05) is 19.1 Å². The summed E-state index contributed by atoms with van der Waals surface area (Å²) in [5.74, 6) is 1.79. The van der Waals surface area contributed by atoms with Crippen molar-refractivity contribution >= 4 is 0 Å². The topological polar surface area (TPSA) is 29.3 Å². The smallest absolute Gasteiger partial charge is 0.0467 e. The number of benzene rings is 1. The van der Waals surface area contributed by atoms with E-state index < -0.39 is 0 Å². The summed E-state index contributed by atoms with van der Waals surface area (Å²) < 4.78 is 0. The maximum absolute atomic E-state index is 5.98. The minimum Gasteiger partial charge on any atom is -0.329 e. The van der Waals surface area contributed by atoms with E-state index in [0.717, 1.165) is 11.8 Å². The largest absolute Gasteiger partial charge is 0.329 e. The second kappa shape index (κ2) is 5.41. The van der Waals surface area contributed by atoms with Gasteiger partial charge in [0.05, 0.1) is 0 Å². The van der Waals surface area contributed by atoms with Crippen molar-refractivity contribution in [3.8, 4) is 0 Å². The van der Waals surface area contributed by atoms with Crippen molar-refractivity contribution in [2.24, 2.45) is 17.6 Å². The van der Waals surface area contributed by atoms with Crippen LogP contribution in [-0.4, -0.2) is 25.0 Å². The van der Waals surface area contributed by atoms with Crippen LogP contribution in [0.15, 0.2) is 18.2 Å². The molecule has 1 aliphatic carbocycles. The van der Waals surface area contributed by atoms with E-state index in [-0.39, 0.29) is 0 Å². The SMILES string of the molecule is Cc1ccc(C(CN)N(C)CC2CC2C)cc1C. The monoisotopic (exact) mass is 246 g/mol. The predicted octanol–water partition coefficient (Wildman–Crippen LogP) is 2.89. The van der Waals surface area contributed by atoms with Gasteiger partial charge in [-0.15, -0.1) is 0 Å². The van der Waals surface area contributed by atoms with Gasteiger partial charge in [-0.1, -0.05) is 25.1 Å². The number of hydrogen-bond acceptors (Lipinski definition) is 2. The quantitative estimate of drug-likeness (QED) is 0.865. The van der Waals surface area contributed by atoms with Crippen LogP contribution < -0.4 is 5.73 Å². The summed E-state index contributed by atoms with van der Waals surface area (Å²) in [6.45, 7) is 8.55. The molecule has 0 radical (unpaired) electrons. The molecular formula is C16H26N2. The van der Waals surface area contributed by atoms with Gasteiger partial charge in [0.1, 0.15) is 0 Å². The number of aryl methyl sites for hydroxylation is 2. The van der Waals surface area contributed by atoms with E-state index in [9.17, 15) is 0 Å². The van der Waals surface area contributed by atoms with Crippen molar-refractivity contribution in [1.82, 2.24) is 4.90 Å². The highest BCUT2D eigenvalue weighted by atomic mass is 15.1. The molecule has 0 heterocycles. The molecule has 3 unspecified atom stereocenters. The first-order valence-corrected chi connectivity index (χ1v) is 7.00. The van der Waals surface area contributed by atoms with Gasteiger partial charge in [0.25, 0.3) is 0 Å². The zero-order valence-corrected chi connectivity index (χ0v) is 12.1. The Labute approximate surface area is 111 Å². The highest BCUT2D eigenvalue weighted by Gasteiger charge is 2.34. The third-order valence-electron chi connectivity index (χ3n) is 4.47. The van der Waals surface area contributed by atoms with Crippen molar-refractivity contribution in [2.45, 2.75) is 33.2 Å². The van der Waals surface area contributed by atoms with Gasteiger partial charge in [0.15, 0.2) is 0 Å². The minimum atomic E-state index is 0.358. The van der Waals surface area contributed by atoms with Crippen LogP contribution in [-0.2, 0) is 0 Å². The summed E-state index contributed by atoms with van der Waals surface area (Å²) in [6, 6.07) is 7.09. The van der Waals surface area contributed by atoms with Gasteiger partial charge in [-0.05, 0) is 55.8 Å². The van der Waals surface area contributed by atoms with E-state index in [2.05, 4.69) is 50.9 Å². The minimum absolute atomic E-state index is 0.358. The molecule has 1 saturated carbocycles.